The van der Waals surface area contributed by atoms with E-state index in [0.29, 0.717) is 12.5 Å². The predicted octanol–water partition coefficient (Wildman–Crippen LogP) is 4.80. The minimum Gasteiger partial charge on any atom is -0.493 e. The number of nitro benzene ring substituents is 1. The van der Waals surface area contributed by atoms with Gasteiger partial charge >= 0.3 is 0 Å². The zero-order valence-corrected chi connectivity index (χ0v) is 19.6. The van der Waals surface area contributed by atoms with E-state index in [4.69, 9.17) is 32.7 Å². The first-order valence-corrected chi connectivity index (χ1v) is 10.7. The highest BCUT2D eigenvalue weighted by Crippen LogP contribution is 2.37. The molecule has 33 heavy (non-hydrogen) atoms. The van der Waals surface area contributed by atoms with Crippen LogP contribution in [0.15, 0.2) is 35.9 Å². The lowest BCUT2D eigenvalue weighted by Crippen LogP contribution is -2.35. The van der Waals surface area contributed by atoms with Gasteiger partial charge in [0.05, 0.1) is 46.0 Å². The van der Waals surface area contributed by atoms with E-state index in [9.17, 15) is 19.7 Å². The van der Waals surface area contributed by atoms with Crippen molar-refractivity contribution in [2.45, 2.75) is 20.3 Å². The second kappa shape index (κ2) is 10.1. The SMILES string of the molecule is COc1cc(/C=C2/C(=O)NN(c3ccc(Cl)c(Cl)c3)C2=O)c([N+](=O)[O-])cc1OCCC(C)C. The van der Waals surface area contributed by atoms with Gasteiger partial charge in [-0.15, -0.1) is 0 Å². The number of carbonyl (C=O) groups excluding carboxylic acids is 2. The first kappa shape index (κ1) is 24.3. The Hall–Kier alpha value is -3.30. The van der Waals surface area contributed by atoms with Crippen LogP contribution in [0.1, 0.15) is 25.8 Å². The van der Waals surface area contributed by atoms with Gasteiger partial charge in [-0.3, -0.25) is 25.1 Å². The predicted molar refractivity (Wildman–Crippen MR) is 125 cm³/mol. The van der Waals surface area contributed by atoms with Gasteiger partial charge in [-0.1, -0.05) is 37.0 Å². The van der Waals surface area contributed by atoms with Gasteiger partial charge in [-0.05, 0) is 42.7 Å². The zero-order valence-electron chi connectivity index (χ0n) is 18.1. The third-order valence-electron chi connectivity index (χ3n) is 4.82. The Kier molecular flexibility index (Phi) is 7.45. The third-order valence-corrected chi connectivity index (χ3v) is 5.55. The first-order valence-electron chi connectivity index (χ1n) is 9.93. The van der Waals surface area contributed by atoms with E-state index in [1.54, 1.807) is 0 Å². The number of benzene rings is 2. The normalized spacial score (nSPS) is 14.7. The molecule has 1 fully saturated rings. The Bertz CT molecular complexity index is 1150. The number of methoxy groups -OCH3 is 1. The van der Waals surface area contributed by atoms with E-state index in [2.05, 4.69) is 5.43 Å². The smallest absolute Gasteiger partial charge is 0.282 e. The van der Waals surface area contributed by atoms with Crippen LogP contribution >= 0.6 is 23.2 Å². The molecule has 2 aromatic rings. The van der Waals surface area contributed by atoms with Crippen LogP contribution in [0.2, 0.25) is 10.0 Å². The molecule has 0 spiro atoms. The molecule has 0 bridgehead atoms. The molecule has 0 saturated carbocycles. The highest BCUT2D eigenvalue weighted by Gasteiger charge is 2.35. The van der Waals surface area contributed by atoms with Crippen LogP contribution in [0.3, 0.4) is 0 Å². The van der Waals surface area contributed by atoms with Gasteiger partial charge in [0.15, 0.2) is 11.5 Å². The number of nitro groups is 1. The van der Waals surface area contributed by atoms with Crippen LogP contribution in [0.5, 0.6) is 11.5 Å². The van der Waals surface area contributed by atoms with E-state index >= 15 is 0 Å². The molecule has 2 amide bonds. The molecular weight excluding hydrogens is 473 g/mol. The molecular formula is C22H21Cl2N3O6. The van der Waals surface area contributed by atoms with Crippen LogP contribution in [0, 0.1) is 16.0 Å². The maximum atomic E-state index is 12.9. The van der Waals surface area contributed by atoms with Crippen molar-refractivity contribution in [1.82, 2.24) is 5.43 Å². The number of hydrogen-bond acceptors (Lipinski definition) is 6. The summed E-state index contributed by atoms with van der Waals surface area (Å²) < 4.78 is 11.0. The molecule has 1 N–H and O–H groups in total. The molecule has 0 atom stereocenters. The maximum Gasteiger partial charge on any atom is 0.282 e. The summed E-state index contributed by atoms with van der Waals surface area (Å²) in [5.41, 5.74) is 2.09. The minimum atomic E-state index is -0.725. The Morgan fingerprint density at radius 1 is 1.15 bits per heavy atom. The fourth-order valence-electron chi connectivity index (χ4n) is 3.03. The monoisotopic (exact) mass is 493 g/mol. The number of nitrogens with one attached hydrogen (secondary N) is 1. The number of rotatable bonds is 8. The number of halogens is 2. The van der Waals surface area contributed by atoms with Gasteiger partial charge in [0.1, 0.15) is 5.57 Å². The number of anilines is 1. The van der Waals surface area contributed by atoms with Crippen LogP contribution in [0.25, 0.3) is 6.08 Å². The fraction of sp³-hybridized carbons (Fsp3) is 0.273. The third kappa shape index (κ3) is 5.37. The number of hydrazine groups is 1. The summed E-state index contributed by atoms with van der Waals surface area (Å²) in [5, 5.41) is 13.2. The van der Waals surface area contributed by atoms with E-state index in [0.717, 1.165) is 17.5 Å². The topological polar surface area (TPSA) is 111 Å². The zero-order chi connectivity index (χ0) is 24.3. The average Bonchev–Trinajstić information content (AvgIpc) is 3.04. The summed E-state index contributed by atoms with van der Waals surface area (Å²) in [4.78, 5) is 36.5. The van der Waals surface area contributed by atoms with Gasteiger partial charge in [0.25, 0.3) is 17.5 Å². The molecule has 1 aliphatic heterocycles. The number of nitrogens with zero attached hydrogens (tertiary/aromatic N) is 2. The lowest BCUT2D eigenvalue weighted by molar-refractivity contribution is -0.385. The minimum absolute atomic E-state index is 0.0162. The van der Waals surface area contributed by atoms with Crippen LogP contribution in [-0.4, -0.2) is 30.5 Å². The fourth-order valence-corrected chi connectivity index (χ4v) is 3.33. The summed E-state index contributed by atoms with van der Waals surface area (Å²) in [6.07, 6.45) is 1.90. The van der Waals surface area contributed by atoms with Crippen molar-refractivity contribution in [2.24, 2.45) is 5.92 Å². The molecule has 3 rings (SSSR count). The molecule has 9 nitrogen and oxygen atoms in total. The molecule has 174 valence electrons. The Balaban J connectivity index is 1.98. The van der Waals surface area contributed by atoms with Gasteiger partial charge < -0.3 is 9.47 Å². The van der Waals surface area contributed by atoms with Crippen molar-refractivity contribution in [3.63, 3.8) is 0 Å². The summed E-state index contributed by atoms with van der Waals surface area (Å²) in [6.45, 7) is 4.41. The maximum absolute atomic E-state index is 12.9. The lowest BCUT2D eigenvalue weighted by Gasteiger charge is -2.15. The molecule has 0 aliphatic carbocycles. The summed E-state index contributed by atoms with van der Waals surface area (Å²) in [7, 11) is 1.40. The van der Waals surface area contributed by atoms with Crippen molar-refractivity contribution >= 4 is 52.5 Å². The quantitative estimate of drug-likeness (QED) is 0.244. The number of amides is 2. The largest absolute Gasteiger partial charge is 0.493 e. The van der Waals surface area contributed by atoms with Crippen LogP contribution in [0.4, 0.5) is 11.4 Å². The molecule has 1 saturated heterocycles. The van der Waals surface area contributed by atoms with Crippen molar-refractivity contribution in [2.75, 3.05) is 18.7 Å². The second-order valence-electron chi connectivity index (χ2n) is 7.59. The number of ether oxygens (including phenoxy) is 2. The standard InChI is InChI=1S/C22H21Cl2N3O6/c1-12(2)6-7-33-20-11-18(27(30)31)13(9-19(20)32-3)8-15-21(28)25-26(22(15)29)14-4-5-16(23)17(24)10-14/h4-5,8-12H,6-7H2,1-3H3,(H,25,28)/b15-8-. The Morgan fingerprint density at radius 3 is 2.48 bits per heavy atom. The molecule has 0 radical (unpaired) electrons. The molecule has 11 heteroatoms. The second-order valence-corrected chi connectivity index (χ2v) is 8.40. The summed E-state index contributed by atoms with van der Waals surface area (Å²) in [5.74, 6) is -0.601. The molecule has 1 heterocycles. The summed E-state index contributed by atoms with van der Waals surface area (Å²) in [6, 6.07) is 6.98. The van der Waals surface area contributed by atoms with Crippen LogP contribution in [-0.2, 0) is 9.59 Å². The number of hydrogen-bond donors (Lipinski definition) is 1. The van der Waals surface area contributed by atoms with Gasteiger partial charge in [0, 0.05) is 0 Å². The van der Waals surface area contributed by atoms with Crippen molar-refractivity contribution in [3.05, 3.63) is 61.6 Å². The lowest BCUT2D eigenvalue weighted by atomic mass is 10.1. The van der Waals surface area contributed by atoms with Gasteiger partial charge in [-0.25, -0.2) is 5.01 Å². The average molecular weight is 494 g/mol. The van der Waals surface area contributed by atoms with E-state index in [1.807, 2.05) is 13.8 Å². The van der Waals surface area contributed by atoms with Crippen molar-refractivity contribution < 1.29 is 24.0 Å². The first-order chi connectivity index (χ1) is 15.6. The molecule has 2 aromatic carbocycles. The molecule has 0 aromatic heterocycles. The summed E-state index contributed by atoms with van der Waals surface area (Å²) >= 11 is 11.9. The Morgan fingerprint density at radius 2 is 1.88 bits per heavy atom. The van der Waals surface area contributed by atoms with E-state index in [-0.39, 0.29) is 44.1 Å². The highest BCUT2D eigenvalue weighted by molar-refractivity contribution is 6.42. The molecule has 1 aliphatic rings. The van der Waals surface area contributed by atoms with Crippen LogP contribution < -0.4 is 19.9 Å². The van der Waals surface area contributed by atoms with Gasteiger partial charge in [0.2, 0.25) is 0 Å². The molecule has 0 unspecified atom stereocenters. The number of carbonyl (C=O) groups is 2. The van der Waals surface area contributed by atoms with E-state index in [1.165, 1.54) is 37.4 Å². The Labute approximate surface area is 200 Å². The van der Waals surface area contributed by atoms with E-state index < -0.39 is 16.7 Å². The van der Waals surface area contributed by atoms with Crippen molar-refractivity contribution in [1.29, 1.82) is 0 Å². The highest BCUT2D eigenvalue weighted by atomic mass is 35.5. The van der Waals surface area contributed by atoms with Gasteiger partial charge in [-0.2, -0.15) is 0 Å². The van der Waals surface area contributed by atoms with Crippen molar-refractivity contribution in [3.8, 4) is 11.5 Å².